The number of aliphatic hydroxyl groups excluding tert-OH is 2. The Hall–Kier alpha value is -4.35. The summed E-state index contributed by atoms with van der Waals surface area (Å²) >= 11 is 0. The van der Waals surface area contributed by atoms with Gasteiger partial charge in [-0.15, -0.1) is 0 Å². The molecule has 2 aromatic carbocycles. The fraction of sp³-hybridized carbons (Fsp3) is 0.321. The van der Waals surface area contributed by atoms with Gasteiger partial charge in [0.15, 0.2) is 22.9 Å². The van der Waals surface area contributed by atoms with E-state index in [0.29, 0.717) is 22.6 Å². The molecule has 11 heteroatoms. The lowest BCUT2D eigenvalue weighted by Crippen LogP contribution is -2.65. The standard InChI is InChI=1S/C28H26N2O9/c1-30(2)22-15-8-12-7-14-13(11-3-6-17-18(9-11)39-10-38-17)4-5-16(31)20(14)23(32)19(12)25(34)28(15,37)26(35)21(24(22)33)27(29)36/h3-6,9,12,15,22,31-32,35,37H,7-8,10H2,1-2H3,(H2,29,36). The zero-order chi connectivity index (χ0) is 28.0. The quantitative estimate of drug-likeness (QED) is 0.361. The second kappa shape index (κ2) is 8.32. The number of primary amides is 1. The molecule has 3 aliphatic carbocycles. The smallest absolute Gasteiger partial charge is 0.255 e. The molecule has 1 fully saturated rings. The van der Waals surface area contributed by atoms with Crippen molar-refractivity contribution in [3.8, 4) is 28.4 Å². The summed E-state index contributed by atoms with van der Waals surface area (Å²) in [4.78, 5) is 40.7. The third kappa shape index (κ3) is 3.26. The summed E-state index contributed by atoms with van der Waals surface area (Å²) in [5.74, 6) is -5.70. The van der Waals surface area contributed by atoms with E-state index >= 15 is 0 Å². The lowest BCUT2D eigenvalue weighted by molar-refractivity contribution is -0.153. The minimum atomic E-state index is -2.67. The van der Waals surface area contributed by atoms with Gasteiger partial charge >= 0.3 is 0 Å². The number of likely N-dealkylation sites (N-methyl/N-ethyl adjacent to an activating group) is 1. The monoisotopic (exact) mass is 534 g/mol. The van der Waals surface area contributed by atoms with Crippen molar-refractivity contribution in [2.45, 2.75) is 24.5 Å². The number of ether oxygens (including phenoxy) is 2. The zero-order valence-electron chi connectivity index (χ0n) is 21.1. The van der Waals surface area contributed by atoms with Crippen molar-refractivity contribution in [3.63, 3.8) is 0 Å². The van der Waals surface area contributed by atoms with Gasteiger partial charge in [0.1, 0.15) is 22.8 Å². The van der Waals surface area contributed by atoms with Crippen LogP contribution in [0.2, 0.25) is 0 Å². The number of aliphatic hydroxyl groups is 3. The van der Waals surface area contributed by atoms with E-state index in [4.69, 9.17) is 15.2 Å². The van der Waals surface area contributed by atoms with Crippen LogP contribution < -0.4 is 15.2 Å². The minimum Gasteiger partial charge on any atom is -0.508 e. The van der Waals surface area contributed by atoms with Crippen LogP contribution in [0.5, 0.6) is 17.2 Å². The molecule has 2 aromatic rings. The molecule has 4 atom stereocenters. The highest BCUT2D eigenvalue weighted by Crippen LogP contribution is 2.54. The second-order valence-electron chi connectivity index (χ2n) is 10.5. The van der Waals surface area contributed by atoms with Gasteiger partial charge in [0.25, 0.3) is 5.91 Å². The first kappa shape index (κ1) is 25.0. The summed E-state index contributed by atoms with van der Waals surface area (Å²) in [6, 6.07) is 7.31. The number of nitrogens with two attached hydrogens (primary N) is 1. The molecule has 202 valence electrons. The molecular formula is C28H26N2O9. The number of nitrogens with zero attached hydrogens (tertiary/aromatic N) is 1. The maximum absolute atomic E-state index is 13.9. The molecule has 0 radical (unpaired) electrons. The maximum atomic E-state index is 13.9. The number of ketones is 2. The highest BCUT2D eigenvalue weighted by molar-refractivity contribution is 6.24. The number of Topliss-reactive ketones (excluding diaryl/α,β-unsaturated/α-hetero) is 2. The van der Waals surface area contributed by atoms with E-state index in [9.17, 15) is 34.8 Å². The molecule has 4 unspecified atom stereocenters. The Bertz CT molecular complexity index is 1560. The molecule has 6 rings (SSSR count). The summed E-state index contributed by atoms with van der Waals surface area (Å²) in [5.41, 5.74) is 3.66. The Morgan fingerprint density at radius 1 is 1.08 bits per heavy atom. The van der Waals surface area contributed by atoms with Crippen molar-refractivity contribution in [1.29, 1.82) is 0 Å². The third-order valence-corrected chi connectivity index (χ3v) is 8.29. The van der Waals surface area contributed by atoms with Crippen molar-refractivity contribution in [2.24, 2.45) is 17.6 Å². The molecular weight excluding hydrogens is 508 g/mol. The Kier molecular flexibility index (Phi) is 5.33. The Labute approximate surface area is 222 Å². The number of aromatic hydroxyl groups is 1. The molecule has 39 heavy (non-hydrogen) atoms. The minimum absolute atomic E-state index is 0.0159. The van der Waals surface area contributed by atoms with E-state index in [0.717, 1.165) is 5.56 Å². The highest BCUT2D eigenvalue weighted by Gasteiger charge is 2.64. The van der Waals surface area contributed by atoms with Gasteiger partial charge in [0.05, 0.1) is 11.6 Å². The maximum Gasteiger partial charge on any atom is 0.255 e. The largest absolute Gasteiger partial charge is 0.508 e. The van der Waals surface area contributed by atoms with Crippen LogP contribution in [0.25, 0.3) is 16.9 Å². The number of carbonyl (C=O) groups is 3. The lowest BCUT2D eigenvalue weighted by Gasteiger charge is -2.50. The van der Waals surface area contributed by atoms with Crippen LogP contribution in [-0.2, 0) is 20.8 Å². The number of hydrogen-bond donors (Lipinski definition) is 5. The predicted molar refractivity (Wildman–Crippen MR) is 136 cm³/mol. The van der Waals surface area contributed by atoms with Crippen LogP contribution in [0.15, 0.2) is 47.2 Å². The summed E-state index contributed by atoms with van der Waals surface area (Å²) in [6.07, 6.45) is 0.203. The third-order valence-electron chi connectivity index (χ3n) is 8.29. The summed E-state index contributed by atoms with van der Waals surface area (Å²) in [5, 5.41) is 44.8. The topological polar surface area (TPSA) is 180 Å². The first-order valence-corrected chi connectivity index (χ1v) is 12.4. The van der Waals surface area contributed by atoms with Crippen LogP contribution in [-0.4, -0.2) is 75.3 Å². The summed E-state index contributed by atoms with van der Waals surface area (Å²) < 4.78 is 10.9. The van der Waals surface area contributed by atoms with Crippen LogP contribution in [0.4, 0.5) is 0 Å². The first-order chi connectivity index (χ1) is 18.5. The van der Waals surface area contributed by atoms with Gasteiger partial charge in [0.2, 0.25) is 12.6 Å². The summed E-state index contributed by atoms with van der Waals surface area (Å²) in [6.45, 7) is 0.0956. The zero-order valence-corrected chi connectivity index (χ0v) is 21.1. The number of amides is 1. The van der Waals surface area contributed by atoms with E-state index in [1.165, 1.54) is 11.0 Å². The van der Waals surface area contributed by atoms with Crippen LogP contribution in [0.1, 0.15) is 17.5 Å². The van der Waals surface area contributed by atoms with Crippen molar-refractivity contribution in [2.75, 3.05) is 20.9 Å². The number of benzene rings is 2. The molecule has 1 amide bonds. The van der Waals surface area contributed by atoms with E-state index in [2.05, 4.69) is 0 Å². The molecule has 0 bridgehead atoms. The predicted octanol–water partition coefficient (Wildman–Crippen LogP) is 1.36. The second-order valence-corrected chi connectivity index (χ2v) is 10.5. The number of hydrogen-bond acceptors (Lipinski definition) is 10. The van der Waals surface area contributed by atoms with E-state index in [-0.39, 0.29) is 36.5 Å². The SMILES string of the molecule is CN(C)C1C(=O)C(C(N)=O)=C(O)C2(O)C(=O)C3=C(O)c4c(O)ccc(-c5ccc6c(c5)OCO6)c4CC3CC12. The van der Waals surface area contributed by atoms with E-state index in [1.807, 2.05) is 6.07 Å². The van der Waals surface area contributed by atoms with Crippen LogP contribution >= 0.6 is 0 Å². The van der Waals surface area contributed by atoms with E-state index < -0.39 is 58.0 Å². The van der Waals surface area contributed by atoms with Crippen LogP contribution in [0, 0.1) is 11.8 Å². The van der Waals surface area contributed by atoms with Gasteiger partial charge in [-0.25, -0.2) is 0 Å². The molecule has 6 N–H and O–H groups in total. The molecule has 11 nitrogen and oxygen atoms in total. The lowest BCUT2D eigenvalue weighted by atomic mass is 9.57. The fourth-order valence-electron chi connectivity index (χ4n) is 6.58. The Balaban J connectivity index is 1.54. The van der Waals surface area contributed by atoms with Gasteiger partial charge in [0, 0.05) is 11.5 Å². The van der Waals surface area contributed by atoms with E-state index in [1.54, 1.807) is 32.3 Å². The van der Waals surface area contributed by atoms with Gasteiger partial charge < -0.3 is 35.6 Å². The van der Waals surface area contributed by atoms with Crippen molar-refractivity contribution in [1.82, 2.24) is 4.90 Å². The molecule has 1 aliphatic heterocycles. The van der Waals surface area contributed by atoms with Gasteiger partial charge in [-0.1, -0.05) is 12.1 Å². The Morgan fingerprint density at radius 3 is 2.49 bits per heavy atom. The number of phenols is 1. The highest BCUT2D eigenvalue weighted by atomic mass is 16.7. The van der Waals surface area contributed by atoms with Gasteiger partial charge in [-0.2, -0.15) is 0 Å². The number of phenolic OH excluding ortho intramolecular Hbond substituents is 1. The van der Waals surface area contributed by atoms with Crippen molar-refractivity contribution in [3.05, 3.63) is 58.4 Å². The van der Waals surface area contributed by atoms with Gasteiger partial charge in [-0.05, 0) is 67.7 Å². The molecule has 1 heterocycles. The van der Waals surface area contributed by atoms with Gasteiger partial charge in [-0.3, -0.25) is 19.3 Å². The average molecular weight is 535 g/mol. The van der Waals surface area contributed by atoms with Crippen LogP contribution in [0.3, 0.4) is 0 Å². The Morgan fingerprint density at radius 2 is 1.79 bits per heavy atom. The molecule has 1 saturated carbocycles. The molecule has 0 aromatic heterocycles. The van der Waals surface area contributed by atoms with Crippen molar-refractivity contribution < 1.29 is 44.3 Å². The summed E-state index contributed by atoms with van der Waals surface area (Å²) in [7, 11) is 3.12. The molecule has 0 spiro atoms. The number of rotatable bonds is 3. The number of fused-ring (bicyclic) bond motifs is 4. The number of carbonyl (C=O) groups excluding carboxylic acids is 3. The van der Waals surface area contributed by atoms with Crippen molar-refractivity contribution >= 4 is 23.2 Å². The average Bonchev–Trinajstić information content (AvgIpc) is 3.34. The molecule has 0 saturated heterocycles. The first-order valence-electron chi connectivity index (χ1n) is 12.4. The normalized spacial score (nSPS) is 27.4. The fourth-order valence-corrected chi connectivity index (χ4v) is 6.58. The molecule has 4 aliphatic rings.